The summed E-state index contributed by atoms with van der Waals surface area (Å²) in [6.45, 7) is 18.9. The number of carbonyl (C=O) groups is 3. The number of hydrogen-bond donors (Lipinski definition) is 0. The van der Waals surface area contributed by atoms with Gasteiger partial charge in [-0.25, -0.2) is 0 Å². The Labute approximate surface area is 227 Å². The van der Waals surface area contributed by atoms with Crippen molar-refractivity contribution in [1.29, 1.82) is 0 Å². The summed E-state index contributed by atoms with van der Waals surface area (Å²) in [4.78, 5) is 39.5. The molecule has 0 aromatic rings. The molecule has 2 saturated heterocycles. The molecule has 2 aliphatic heterocycles. The number of ketones is 2. The third kappa shape index (κ3) is 9.57. The maximum absolute atomic E-state index is 13.8. The topological polar surface area (TPSA) is 78.9 Å². The molecule has 2 heterocycles. The molecular weight excluding hydrogens is 484 g/mol. The van der Waals surface area contributed by atoms with Crippen molar-refractivity contribution in [3.05, 3.63) is 0 Å². The van der Waals surface area contributed by atoms with Crippen LogP contribution in [0.4, 0.5) is 0 Å². The number of fused-ring (bicyclic) bond motifs is 2. The molecule has 37 heavy (non-hydrogen) atoms. The van der Waals surface area contributed by atoms with Crippen LogP contribution in [-0.4, -0.2) is 50.3 Å². The Hall–Kier alpha value is -1.05. The molecule has 0 aromatic carbocycles. The van der Waals surface area contributed by atoms with E-state index in [2.05, 4.69) is 40.8 Å². The second-order valence-electron chi connectivity index (χ2n) is 13.4. The Morgan fingerprint density at radius 3 is 2.22 bits per heavy atom. The molecular formula is C30H54O6Si. The van der Waals surface area contributed by atoms with Gasteiger partial charge in [0.2, 0.25) is 0 Å². The standard InChI is InChI=1S/C30H54O6Si/c1-10-13-24-18-23(31)16-22(4)28(32)27(36-37(8,9)30(5,6)7)19-25-17-21(3)26(34-25)15-12-11-14-20(2)29(33)35-24/h20-22,24-27H,10-19H2,1-9H3/t20-,21-,22+,24+,25+,26-,27-/m0/s1. The van der Waals surface area contributed by atoms with Crippen molar-refractivity contribution < 1.29 is 28.3 Å². The molecule has 0 N–H and O–H groups in total. The zero-order valence-corrected chi connectivity index (χ0v) is 26.1. The van der Waals surface area contributed by atoms with Gasteiger partial charge in [-0.3, -0.25) is 14.4 Å². The zero-order chi connectivity index (χ0) is 28.0. The Balaban J connectivity index is 2.28. The van der Waals surface area contributed by atoms with Crippen LogP contribution in [0.3, 0.4) is 0 Å². The highest BCUT2D eigenvalue weighted by molar-refractivity contribution is 6.74. The minimum Gasteiger partial charge on any atom is -0.462 e. The summed E-state index contributed by atoms with van der Waals surface area (Å²) in [5.74, 6) is -0.462. The first kappa shape index (κ1) is 32.2. The zero-order valence-electron chi connectivity index (χ0n) is 25.1. The highest BCUT2D eigenvalue weighted by Gasteiger charge is 2.43. The number of esters is 1. The summed E-state index contributed by atoms with van der Waals surface area (Å²) in [6.07, 6.45) is 6.13. The number of rotatable bonds is 4. The lowest BCUT2D eigenvalue weighted by Gasteiger charge is -2.40. The third-order valence-electron chi connectivity index (χ3n) is 8.82. The second-order valence-corrected chi connectivity index (χ2v) is 18.2. The van der Waals surface area contributed by atoms with Crippen LogP contribution in [0, 0.1) is 17.8 Å². The van der Waals surface area contributed by atoms with Crippen molar-refractivity contribution in [3.63, 3.8) is 0 Å². The number of cyclic esters (lactones) is 1. The van der Waals surface area contributed by atoms with E-state index in [0.29, 0.717) is 18.8 Å². The smallest absolute Gasteiger partial charge is 0.308 e. The molecule has 7 heteroatoms. The Bertz CT molecular complexity index is 773. The maximum atomic E-state index is 13.8. The average Bonchev–Trinajstić information content (AvgIpc) is 3.12. The minimum absolute atomic E-state index is 0.00310. The van der Waals surface area contributed by atoms with Gasteiger partial charge in [-0.15, -0.1) is 0 Å². The summed E-state index contributed by atoms with van der Waals surface area (Å²) in [5.41, 5.74) is 0. The van der Waals surface area contributed by atoms with Crippen molar-refractivity contribution in [2.75, 3.05) is 0 Å². The highest BCUT2D eigenvalue weighted by Crippen LogP contribution is 2.40. The molecule has 2 fully saturated rings. The molecule has 0 spiro atoms. The van der Waals surface area contributed by atoms with Gasteiger partial charge >= 0.3 is 5.97 Å². The van der Waals surface area contributed by atoms with E-state index in [1.807, 2.05) is 20.8 Å². The van der Waals surface area contributed by atoms with Crippen LogP contribution in [0.5, 0.6) is 0 Å². The lowest BCUT2D eigenvalue weighted by Crippen LogP contribution is -2.48. The fourth-order valence-electron chi connectivity index (χ4n) is 5.32. The number of Topliss-reactive ketones (excluding diaryl/α,β-unsaturated/α-hetero) is 2. The molecule has 0 aromatic heterocycles. The molecule has 6 nitrogen and oxygen atoms in total. The average molecular weight is 539 g/mol. The third-order valence-corrected chi connectivity index (χ3v) is 13.3. The van der Waals surface area contributed by atoms with E-state index in [9.17, 15) is 14.4 Å². The van der Waals surface area contributed by atoms with Crippen LogP contribution in [0.2, 0.25) is 18.1 Å². The first-order valence-electron chi connectivity index (χ1n) is 14.7. The number of hydrogen-bond acceptors (Lipinski definition) is 6. The highest BCUT2D eigenvalue weighted by atomic mass is 28.4. The first-order chi connectivity index (χ1) is 17.1. The predicted molar refractivity (Wildman–Crippen MR) is 150 cm³/mol. The Kier molecular flexibility index (Phi) is 12.0. The summed E-state index contributed by atoms with van der Waals surface area (Å²) in [7, 11) is -2.22. The molecule has 2 bridgehead atoms. The molecule has 0 aliphatic carbocycles. The van der Waals surface area contributed by atoms with Crippen LogP contribution in [-0.2, 0) is 28.3 Å². The van der Waals surface area contributed by atoms with Crippen molar-refractivity contribution in [2.45, 2.75) is 155 Å². The van der Waals surface area contributed by atoms with Crippen molar-refractivity contribution in [3.8, 4) is 0 Å². The quantitative estimate of drug-likeness (QED) is 0.282. The van der Waals surface area contributed by atoms with E-state index in [-0.39, 0.29) is 53.5 Å². The SMILES string of the molecule is CCC[C@@H]1CC(=O)C[C@@H](C)C(=O)[C@@H](O[Si](C)(C)C(C)(C)C)C[C@H]2C[C@H](C)[C@H](CCCC[C@H](C)C(=O)O1)O2. The van der Waals surface area contributed by atoms with E-state index in [1.54, 1.807) is 0 Å². The monoisotopic (exact) mass is 538 g/mol. The van der Waals surface area contributed by atoms with Crippen LogP contribution >= 0.6 is 0 Å². The van der Waals surface area contributed by atoms with E-state index in [4.69, 9.17) is 13.9 Å². The molecule has 0 unspecified atom stereocenters. The molecule has 0 amide bonds. The number of carbonyl (C=O) groups excluding carboxylic acids is 3. The largest absolute Gasteiger partial charge is 0.462 e. The second kappa shape index (κ2) is 13.8. The van der Waals surface area contributed by atoms with E-state index in [1.165, 1.54) is 0 Å². The summed E-state index contributed by atoms with van der Waals surface area (Å²) in [5, 5.41) is -0.0287. The van der Waals surface area contributed by atoms with Gasteiger partial charge in [0.05, 0.1) is 18.1 Å². The van der Waals surface area contributed by atoms with Gasteiger partial charge in [-0.05, 0) is 49.7 Å². The lowest BCUT2D eigenvalue weighted by atomic mass is 9.90. The van der Waals surface area contributed by atoms with Crippen LogP contribution in [0.25, 0.3) is 0 Å². The van der Waals surface area contributed by atoms with Gasteiger partial charge < -0.3 is 13.9 Å². The van der Waals surface area contributed by atoms with Crippen LogP contribution in [0.15, 0.2) is 0 Å². The molecule has 2 aliphatic rings. The van der Waals surface area contributed by atoms with E-state index < -0.39 is 26.4 Å². The van der Waals surface area contributed by atoms with Gasteiger partial charge in [-0.2, -0.15) is 0 Å². The van der Waals surface area contributed by atoms with Gasteiger partial charge in [0, 0.05) is 25.2 Å². The fraction of sp³-hybridized carbons (Fsp3) is 0.900. The van der Waals surface area contributed by atoms with Crippen LogP contribution < -0.4 is 0 Å². The maximum Gasteiger partial charge on any atom is 0.308 e. The minimum atomic E-state index is -2.22. The van der Waals surface area contributed by atoms with Gasteiger partial charge in [0.1, 0.15) is 18.0 Å². The van der Waals surface area contributed by atoms with Crippen molar-refractivity contribution in [1.82, 2.24) is 0 Å². The van der Waals surface area contributed by atoms with Gasteiger partial charge in [-0.1, -0.05) is 67.7 Å². The Morgan fingerprint density at radius 1 is 0.946 bits per heavy atom. The van der Waals surface area contributed by atoms with E-state index in [0.717, 1.165) is 38.5 Å². The van der Waals surface area contributed by atoms with Crippen molar-refractivity contribution in [2.24, 2.45) is 17.8 Å². The fourth-order valence-corrected chi connectivity index (χ4v) is 6.59. The summed E-state index contributed by atoms with van der Waals surface area (Å²) < 4.78 is 19.0. The van der Waals surface area contributed by atoms with Crippen LogP contribution in [0.1, 0.15) is 113 Å². The van der Waals surface area contributed by atoms with Gasteiger partial charge in [0.15, 0.2) is 14.1 Å². The molecule has 0 radical (unpaired) electrons. The normalized spacial score (nSPS) is 34.1. The lowest BCUT2D eigenvalue weighted by molar-refractivity contribution is -0.155. The molecule has 2 rings (SSSR count). The van der Waals surface area contributed by atoms with Gasteiger partial charge in [0.25, 0.3) is 0 Å². The first-order valence-corrected chi connectivity index (χ1v) is 17.6. The van der Waals surface area contributed by atoms with E-state index >= 15 is 0 Å². The molecule has 0 saturated carbocycles. The molecule has 7 atom stereocenters. The number of ether oxygens (including phenoxy) is 2. The molecule has 214 valence electrons. The predicted octanol–water partition coefficient (Wildman–Crippen LogP) is 7.04. The Morgan fingerprint density at radius 2 is 1.59 bits per heavy atom. The summed E-state index contributed by atoms with van der Waals surface area (Å²) in [6, 6.07) is 0. The summed E-state index contributed by atoms with van der Waals surface area (Å²) >= 11 is 0. The van der Waals surface area contributed by atoms with Crippen molar-refractivity contribution >= 4 is 25.9 Å².